The van der Waals surface area contributed by atoms with E-state index < -0.39 is 44.1 Å². The van der Waals surface area contributed by atoms with E-state index in [1.807, 2.05) is 49.9 Å². The number of nitrogens with one attached hydrogen (secondary N) is 3. The van der Waals surface area contributed by atoms with Crippen molar-refractivity contribution in [3.8, 4) is 11.3 Å². The van der Waals surface area contributed by atoms with Gasteiger partial charge in [-0.1, -0.05) is 13.8 Å². The molecule has 0 aliphatic carbocycles. The van der Waals surface area contributed by atoms with E-state index in [1.165, 1.54) is 38.0 Å². The Morgan fingerprint density at radius 2 is 1.32 bits per heavy atom. The molecule has 13 nitrogen and oxygen atoms in total. The number of amides is 4. The average Bonchev–Trinajstić information content (AvgIpc) is 4.04. The Labute approximate surface area is 349 Å². The molecule has 304 valence electrons. The number of benzene rings is 2. The van der Waals surface area contributed by atoms with Gasteiger partial charge >= 0.3 is 269 Å². The van der Waals surface area contributed by atoms with Crippen LogP contribution in [0.5, 0.6) is 0 Å². The number of carbonyl (C=O) groups is 4. The number of fused-ring (bicyclic) bond motifs is 2. The molecule has 3 aromatic rings. The summed E-state index contributed by atoms with van der Waals surface area (Å²) in [7, 11) is 2.61. The maximum atomic E-state index is 13.8. The standard InChI is InChI=1S/C41H50IN7O6S2/c1-22(2)34(46-40(52)54-6)38(50)48-16-8-10-28(48)36-42(5)26(20-43-36)24-12-14-30-32(18-24)57-33-19-25(13-15-31(33)56-30)27-21-44-37(45-27)29-11-9-17-49(29)39(51)35(23(3)4)47-41(53)55-7/h12-15,18-23,28-29,34-35H,8-11,16-17H2,1-7H3,(H,44,45)(H,46,52)(H,47,53)/t28-,29-,34-,35-/m0/s1. The Kier molecular flexibility index (Phi) is 12.6. The zero-order chi connectivity index (χ0) is 40.5. The Bertz CT molecular complexity index is 2120. The van der Waals surface area contributed by atoms with Crippen molar-refractivity contribution in [2.24, 2.45) is 16.8 Å². The van der Waals surface area contributed by atoms with Crippen molar-refractivity contribution in [1.29, 1.82) is 0 Å². The predicted molar refractivity (Wildman–Crippen MR) is 231 cm³/mol. The molecule has 16 heteroatoms. The number of nitrogens with zero attached hydrogens (tertiary/aromatic N) is 4. The normalized spacial score (nSPS) is 20.5. The molecule has 2 fully saturated rings. The molecule has 4 amide bonds. The quantitative estimate of drug-likeness (QED) is 0.106. The van der Waals surface area contributed by atoms with Crippen LogP contribution in [-0.4, -0.2) is 97.9 Å². The van der Waals surface area contributed by atoms with Gasteiger partial charge in [-0.05, 0) is 18.8 Å². The van der Waals surface area contributed by atoms with Gasteiger partial charge in [0.15, 0.2) is 0 Å². The first-order valence-corrected chi connectivity index (χ1v) is 25.2. The van der Waals surface area contributed by atoms with Gasteiger partial charge in [0.1, 0.15) is 6.04 Å². The molecule has 0 saturated carbocycles. The van der Waals surface area contributed by atoms with Crippen LogP contribution in [-0.2, 0) is 19.1 Å². The molecule has 0 spiro atoms. The van der Waals surface area contributed by atoms with E-state index in [1.54, 1.807) is 23.5 Å². The number of aromatic nitrogens is 2. The van der Waals surface area contributed by atoms with E-state index in [0.29, 0.717) is 13.1 Å². The van der Waals surface area contributed by atoms with E-state index in [2.05, 4.69) is 56.9 Å². The second-order valence-corrected chi connectivity index (χ2v) is 22.3. The second kappa shape index (κ2) is 17.4. The molecule has 7 rings (SSSR count). The molecule has 57 heavy (non-hydrogen) atoms. The average molecular weight is 928 g/mol. The zero-order valence-corrected chi connectivity index (χ0v) is 37.0. The number of carbonyl (C=O) groups excluding carboxylic acids is 4. The van der Waals surface area contributed by atoms with Crippen molar-refractivity contribution in [1.82, 2.24) is 30.4 Å². The van der Waals surface area contributed by atoms with E-state index in [9.17, 15) is 19.2 Å². The number of rotatable bonds is 10. The van der Waals surface area contributed by atoms with Gasteiger partial charge in [0.05, 0.1) is 7.11 Å². The van der Waals surface area contributed by atoms with E-state index in [-0.39, 0.29) is 35.7 Å². The molecule has 3 N–H and O–H groups in total. The summed E-state index contributed by atoms with van der Waals surface area (Å²) >= 11 is 1.61. The summed E-state index contributed by atoms with van der Waals surface area (Å²) in [5, 5.41) is 5.46. The van der Waals surface area contributed by atoms with Gasteiger partial charge in [-0.2, -0.15) is 0 Å². The fraction of sp³-hybridized carbons (Fsp3) is 0.463. The number of aromatic amines is 1. The molecule has 4 aliphatic rings. The Morgan fingerprint density at radius 1 is 0.789 bits per heavy atom. The van der Waals surface area contributed by atoms with Crippen LogP contribution in [0.4, 0.5) is 9.59 Å². The van der Waals surface area contributed by atoms with Crippen molar-refractivity contribution >= 4 is 74.6 Å². The number of alkyl halides is 1. The topological polar surface area (TPSA) is 158 Å². The molecular weight excluding hydrogens is 878 g/mol. The van der Waals surface area contributed by atoms with Crippen molar-refractivity contribution in [3.05, 3.63) is 60.2 Å². The molecule has 0 bridgehead atoms. The van der Waals surface area contributed by atoms with Crippen molar-refractivity contribution < 1.29 is 28.7 Å². The summed E-state index contributed by atoms with van der Waals surface area (Å²) in [6.45, 7) is 8.93. The molecule has 2 aromatic carbocycles. The van der Waals surface area contributed by atoms with Gasteiger partial charge in [0.25, 0.3) is 0 Å². The third-order valence-corrected chi connectivity index (χ3v) is 18.7. The van der Waals surface area contributed by atoms with Crippen LogP contribution >= 0.6 is 43.3 Å². The second-order valence-electron chi connectivity index (χ2n) is 15.2. The van der Waals surface area contributed by atoms with E-state index in [4.69, 9.17) is 19.5 Å². The molecule has 4 atom stereocenters. The number of hydrogen-bond donors (Lipinski definition) is 3. The van der Waals surface area contributed by atoms with Gasteiger partial charge in [0.2, 0.25) is 5.91 Å². The number of H-pyrrole nitrogens is 1. The van der Waals surface area contributed by atoms with E-state index in [0.717, 1.165) is 51.4 Å². The Morgan fingerprint density at radius 3 is 1.89 bits per heavy atom. The van der Waals surface area contributed by atoms with Gasteiger partial charge in [-0.15, -0.1) is 0 Å². The first-order valence-electron chi connectivity index (χ1n) is 19.3. The van der Waals surface area contributed by atoms with Crippen LogP contribution in [0.15, 0.2) is 73.4 Å². The van der Waals surface area contributed by atoms with Crippen LogP contribution in [0.2, 0.25) is 0 Å². The fourth-order valence-corrected chi connectivity index (χ4v) is 14.8. The predicted octanol–water partition coefficient (Wildman–Crippen LogP) is 7.95. The van der Waals surface area contributed by atoms with Gasteiger partial charge < -0.3 is 15.0 Å². The van der Waals surface area contributed by atoms with Crippen LogP contribution in [0.25, 0.3) is 14.8 Å². The first kappa shape index (κ1) is 41.1. The van der Waals surface area contributed by atoms with Crippen LogP contribution in [0.1, 0.15) is 70.8 Å². The number of ether oxygens (including phenoxy) is 2. The first-order chi connectivity index (χ1) is 27.4. The Hall–Kier alpha value is -4.03. The molecule has 5 heterocycles. The molecule has 0 radical (unpaired) electrons. The molecule has 1 aromatic heterocycles. The third-order valence-electron chi connectivity index (χ3n) is 10.9. The monoisotopic (exact) mass is 927 g/mol. The van der Waals surface area contributed by atoms with Crippen LogP contribution in [0, 0.1) is 11.8 Å². The van der Waals surface area contributed by atoms with E-state index >= 15 is 0 Å². The molecular formula is C41H50IN7O6S2. The van der Waals surface area contributed by atoms with Crippen molar-refractivity contribution in [2.75, 3.05) is 32.2 Å². The summed E-state index contributed by atoms with van der Waals surface area (Å²) in [6, 6.07) is 11.5. The number of halogens is 1. The number of imidazole rings is 1. The van der Waals surface area contributed by atoms with Crippen LogP contribution in [0.3, 0.4) is 0 Å². The molecule has 0 unspecified atom stereocenters. The Balaban J connectivity index is 1.04. The van der Waals surface area contributed by atoms with Crippen molar-refractivity contribution in [3.63, 3.8) is 0 Å². The maximum absolute atomic E-state index is 13.8. The van der Waals surface area contributed by atoms with Gasteiger partial charge in [-0.3, -0.25) is 4.79 Å². The summed E-state index contributed by atoms with van der Waals surface area (Å²) in [6.07, 6.45) is 6.05. The summed E-state index contributed by atoms with van der Waals surface area (Å²) in [4.78, 5) is 75.6. The minimum absolute atomic E-state index is 0.0595. The number of hydrogen-bond acceptors (Lipinski definition) is 10. The molecule has 4 aliphatic heterocycles. The number of methoxy groups -OCH3 is 2. The number of aliphatic imine (C=N–C) groups is 1. The van der Waals surface area contributed by atoms with Crippen molar-refractivity contribution in [2.45, 2.75) is 97.1 Å². The summed E-state index contributed by atoms with van der Waals surface area (Å²) < 4.78 is 12.0. The zero-order valence-electron chi connectivity index (χ0n) is 33.3. The number of likely N-dealkylation sites (tertiary alicyclic amines) is 2. The summed E-state index contributed by atoms with van der Waals surface area (Å²) in [5.74, 6) is 0.333. The molecule has 2 saturated heterocycles. The third kappa shape index (κ3) is 8.44. The SMILES string of the molecule is COC(=O)N[C@H](C(=O)N1CCC[C@H]1C1=NC=C(c2ccc3c(c2)Sc2cc(-c4cnc([C@@H]5CCCN5C(=O)[C@@H](NC(=O)OC)C(C)C)[nH]4)ccc2S3)I1C)C(C)C. The minimum atomic E-state index is -1.91. The van der Waals surface area contributed by atoms with Gasteiger partial charge in [0, 0.05) is 6.54 Å². The fourth-order valence-electron chi connectivity index (χ4n) is 7.78. The van der Waals surface area contributed by atoms with Gasteiger partial charge in [-0.25, -0.2) is 4.79 Å². The van der Waals surface area contributed by atoms with Crippen LogP contribution < -0.4 is 10.6 Å². The summed E-state index contributed by atoms with van der Waals surface area (Å²) in [5.41, 5.74) is 3.07. The number of alkyl carbamates (subject to hydrolysis) is 2.